The quantitative estimate of drug-likeness (QED) is 0.697. The Bertz CT molecular complexity index is 705. The molecule has 2 saturated carbocycles. The fraction of sp³-hybridized carbons (Fsp3) is 0.696. The molecule has 3 aliphatic carbocycles. The van der Waals surface area contributed by atoms with Crippen molar-refractivity contribution in [3.05, 3.63) is 29.3 Å². The number of fused-ring (bicyclic) bond motifs is 5. The van der Waals surface area contributed by atoms with Crippen LogP contribution in [-0.2, 0) is 11.2 Å². The van der Waals surface area contributed by atoms with Gasteiger partial charge in [0.2, 0.25) is 0 Å². The van der Waals surface area contributed by atoms with Crippen LogP contribution in [0.2, 0.25) is 0 Å². The number of hydrogen-bond acceptors (Lipinski definition) is 2. The molecule has 0 saturated heterocycles. The molecule has 4 rings (SSSR count). The summed E-state index contributed by atoms with van der Waals surface area (Å²) >= 11 is 0. The Morgan fingerprint density at radius 2 is 2.04 bits per heavy atom. The van der Waals surface area contributed by atoms with E-state index in [4.69, 9.17) is 4.74 Å². The molecule has 0 spiro atoms. The van der Waals surface area contributed by atoms with Gasteiger partial charge in [0.15, 0.2) is 0 Å². The maximum absolute atomic E-state index is 13.6. The van der Waals surface area contributed by atoms with Crippen LogP contribution in [0.15, 0.2) is 18.2 Å². The smallest absolute Gasteiger partial charge is 0.139 e. The Kier molecular flexibility index (Phi) is 4.40. The first-order chi connectivity index (χ1) is 12.3. The number of carbonyl (C=O) groups excluding carboxylic acids is 1. The Morgan fingerprint density at radius 3 is 2.81 bits per heavy atom. The highest BCUT2D eigenvalue weighted by atomic mass is 19.1. The van der Waals surface area contributed by atoms with Crippen LogP contribution in [-0.4, -0.2) is 18.1 Å². The summed E-state index contributed by atoms with van der Waals surface area (Å²) in [5, 5.41) is 0. The van der Waals surface area contributed by atoms with Gasteiger partial charge in [-0.25, -0.2) is 4.39 Å². The van der Waals surface area contributed by atoms with Gasteiger partial charge >= 0.3 is 0 Å². The molecule has 0 heterocycles. The van der Waals surface area contributed by atoms with Crippen LogP contribution >= 0.6 is 0 Å². The Labute approximate surface area is 156 Å². The monoisotopic (exact) mass is 358 g/mol. The molecule has 0 aliphatic heterocycles. The van der Waals surface area contributed by atoms with Crippen molar-refractivity contribution < 1.29 is 13.9 Å². The average Bonchev–Trinajstić information content (AvgIpc) is 2.88. The van der Waals surface area contributed by atoms with Gasteiger partial charge in [-0.15, -0.1) is 0 Å². The molecule has 1 aromatic rings. The average molecular weight is 358 g/mol. The van der Waals surface area contributed by atoms with Crippen LogP contribution in [0.3, 0.4) is 0 Å². The van der Waals surface area contributed by atoms with E-state index in [-0.39, 0.29) is 5.41 Å². The lowest BCUT2D eigenvalue weighted by atomic mass is 9.55. The van der Waals surface area contributed by atoms with Crippen molar-refractivity contribution in [2.75, 3.05) is 6.61 Å². The van der Waals surface area contributed by atoms with Gasteiger partial charge in [0.1, 0.15) is 17.2 Å². The number of hydrogen-bond donors (Lipinski definition) is 0. The molecule has 1 aromatic carbocycles. The third-order valence-corrected chi connectivity index (χ3v) is 7.37. The Morgan fingerprint density at radius 1 is 1.23 bits per heavy atom. The summed E-state index contributed by atoms with van der Waals surface area (Å²) in [6.45, 7) is 5.82. The van der Waals surface area contributed by atoms with Gasteiger partial charge in [0.05, 0.1) is 6.61 Å². The normalized spacial score (nSPS) is 33.4. The Hall–Kier alpha value is -1.38. The van der Waals surface area contributed by atoms with Gasteiger partial charge < -0.3 is 4.74 Å². The van der Waals surface area contributed by atoms with Gasteiger partial charge in [-0.1, -0.05) is 13.0 Å². The van der Waals surface area contributed by atoms with Crippen LogP contribution in [0.5, 0.6) is 5.75 Å². The molecule has 0 N–H and O–H groups in total. The van der Waals surface area contributed by atoms with Crippen LogP contribution in [0.25, 0.3) is 0 Å². The number of rotatable bonds is 4. The number of alkyl halides is 1. The number of Topliss-reactive ketones (excluding diaryl/α,β-unsaturated/α-hetero) is 1. The van der Waals surface area contributed by atoms with Crippen molar-refractivity contribution in [3.8, 4) is 5.75 Å². The maximum Gasteiger partial charge on any atom is 0.139 e. The molecule has 0 unspecified atom stereocenters. The molecule has 142 valence electrons. The van der Waals surface area contributed by atoms with E-state index in [1.54, 1.807) is 13.8 Å². The maximum atomic E-state index is 13.6. The molecule has 0 radical (unpaired) electrons. The SMILES string of the molecule is CC(C)(F)CCOc1ccc2c(c1)CC[C@@H]1[C@H]3CCC(=O)[C@]3(C)CC[C@@H]21. The first-order valence-electron chi connectivity index (χ1n) is 10.3. The van der Waals surface area contributed by atoms with E-state index in [1.807, 2.05) is 0 Å². The van der Waals surface area contributed by atoms with Crippen molar-refractivity contribution in [1.29, 1.82) is 0 Å². The fourth-order valence-corrected chi connectivity index (χ4v) is 5.83. The number of halogens is 1. The van der Waals surface area contributed by atoms with Crippen LogP contribution in [0, 0.1) is 17.3 Å². The second-order valence-electron chi connectivity index (χ2n) is 9.51. The minimum Gasteiger partial charge on any atom is -0.493 e. The van der Waals surface area contributed by atoms with Crippen molar-refractivity contribution in [2.24, 2.45) is 17.3 Å². The van der Waals surface area contributed by atoms with Crippen LogP contribution < -0.4 is 4.74 Å². The van der Waals surface area contributed by atoms with E-state index in [1.165, 1.54) is 17.5 Å². The molecule has 4 atom stereocenters. The second kappa shape index (κ2) is 6.35. The predicted octanol–water partition coefficient (Wildman–Crippen LogP) is 5.63. The van der Waals surface area contributed by atoms with Crippen molar-refractivity contribution in [1.82, 2.24) is 0 Å². The number of benzene rings is 1. The highest BCUT2D eigenvalue weighted by molar-refractivity contribution is 5.87. The van der Waals surface area contributed by atoms with E-state index in [0.29, 0.717) is 36.6 Å². The third kappa shape index (κ3) is 3.08. The topological polar surface area (TPSA) is 26.3 Å². The Balaban J connectivity index is 1.50. The molecule has 26 heavy (non-hydrogen) atoms. The van der Waals surface area contributed by atoms with E-state index >= 15 is 0 Å². The van der Waals surface area contributed by atoms with Crippen molar-refractivity contribution in [2.45, 2.75) is 77.3 Å². The number of ketones is 1. The molecule has 3 heteroatoms. The zero-order chi connectivity index (χ0) is 18.5. The second-order valence-corrected chi connectivity index (χ2v) is 9.51. The molecule has 0 aromatic heterocycles. The summed E-state index contributed by atoms with van der Waals surface area (Å²) < 4.78 is 19.4. The molecule has 0 bridgehead atoms. The van der Waals surface area contributed by atoms with E-state index in [0.717, 1.165) is 37.9 Å². The van der Waals surface area contributed by atoms with E-state index < -0.39 is 5.67 Å². The standard InChI is InChI=1S/C23H31FO2/c1-22(2,24)12-13-26-16-5-7-17-15(14-16)4-6-19-18(17)10-11-23(3)20(19)8-9-21(23)25/h5,7,14,18-20H,4,6,8-13H2,1-3H3/t18-,19-,20+,23+/m0/s1. The molecule has 2 fully saturated rings. The number of carbonyl (C=O) groups is 1. The van der Waals surface area contributed by atoms with Crippen molar-refractivity contribution >= 4 is 5.78 Å². The summed E-state index contributed by atoms with van der Waals surface area (Å²) in [6.07, 6.45) is 6.72. The molecule has 3 aliphatic rings. The first-order valence-corrected chi connectivity index (χ1v) is 10.3. The molecular weight excluding hydrogens is 327 g/mol. The third-order valence-electron chi connectivity index (χ3n) is 7.37. The van der Waals surface area contributed by atoms with Gasteiger partial charge in [-0.2, -0.15) is 0 Å². The molecule has 0 amide bonds. The van der Waals surface area contributed by atoms with E-state index in [9.17, 15) is 9.18 Å². The van der Waals surface area contributed by atoms with E-state index in [2.05, 4.69) is 25.1 Å². The number of aryl methyl sites for hydroxylation is 1. The highest BCUT2D eigenvalue weighted by Gasteiger charge is 2.54. The predicted molar refractivity (Wildman–Crippen MR) is 101 cm³/mol. The van der Waals surface area contributed by atoms with Gasteiger partial charge in [0, 0.05) is 18.3 Å². The zero-order valence-electron chi connectivity index (χ0n) is 16.3. The summed E-state index contributed by atoms with van der Waals surface area (Å²) in [5.74, 6) is 3.20. The molecule has 2 nitrogen and oxygen atoms in total. The minimum atomic E-state index is -1.19. The number of ether oxygens (including phenoxy) is 1. The first kappa shape index (κ1) is 18.0. The largest absolute Gasteiger partial charge is 0.493 e. The fourth-order valence-electron chi connectivity index (χ4n) is 5.83. The summed E-state index contributed by atoms with van der Waals surface area (Å²) in [4.78, 5) is 12.4. The highest BCUT2D eigenvalue weighted by Crippen LogP contribution is 2.59. The molecular formula is C23H31FO2. The van der Waals surface area contributed by atoms with Gasteiger partial charge in [0.25, 0.3) is 0 Å². The lowest BCUT2D eigenvalue weighted by molar-refractivity contribution is -0.129. The van der Waals surface area contributed by atoms with Crippen molar-refractivity contribution in [3.63, 3.8) is 0 Å². The van der Waals surface area contributed by atoms with Gasteiger partial charge in [-0.05, 0) is 87.0 Å². The summed E-state index contributed by atoms with van der Waals surface area (Å²) in [7, 11) is 0. The minimum absolute atomic E-state index is 0.0547. The lowest BCUT2D eigenvalue weighted by Gasteiger charge is -2.48. The van der Waals surface area contributed by atoms with Crippen LogP contribution in [0.4, 0.5) is 4.39 Å². The van der Waals surface area contributed by atoms with Crippen LogP contribution in [0.1, 0.15) is 76.3 Å². The summed E-state index contributed by atoms with van der Waals surface area (Å²) in [5.41, 5.74) is 1.63. The lowest BCUT2D eigenvalue weighted by Crippen LogP contribution is -2.42. The van der Waals surface area contributed by atoms with Gasteiger partial charge in [-0.3, -0.25) is 4.79 Å². The zero-order valence-corrected chi connectivity index (χ0v) is 16.3. The summed E-state index contributed by atoms with van der Waals surface area (Å²) in [6, 6.07) is 6.46.